The van der Waals surface area contributed by atoms with Crippen molar-refractivity contribution >= 4 is 22.8 Å². The number of ether oxygens (including phenoxy) is 1. The van der Waals surface area contributed by atoms with Gasteiger partial charge in [0, 0.05) is 11.8 Å². The highest BCUT2D eigenvalue weighted by atomic mass is 19.1. The maximum atomic E-state index is 13.1. The molecule has 3 aromatic rings. The SMILES string of the molecule is Nc1ccnc2c1ncn2[C@@H]1O[C@H](CO)C(O)[C@@H]1NC(=O)c1ccc(F)cc1. The average molecular weight is 387 g/mol. The Bertz CT molecular complexity index is 1010. The molecule has 0 aliphatic carbocycles. The summed E-state index contributed by atoms with van der Waals surface area (Å²) in [4.78, 5) is 21.0. The molecule has 0 bridgehead atoms. The molecule has 1 amide bonds. The molecule has 4 rings (SSSR count). The van der Waals surface area contributed by atoms with Crippen LogP contribution in [0.4, 0.5) is 10.1 Å². The van der Waals surface area contributed by atoms with Crippen LogP contribution in [-0.4, -0.2) is 55.5 Å². The van der Waals surface area contributed by atoms with Crippen molar-refractivity contribution in [2.75, 3.05) is 12.3 Å². The zero-order valence-electron chi connectivity index (χ0n) is 14.6. The molecule has 9 nitrogen and oxygen atoms in total. The summed E-state index contributed by atoms with van der Waals surface area (Å²) < 4.78 is 20.4. The standard InChI is InChI=1S/C18H18FN5O4/c19-10-3-1-9(2-4-10)17(27)23-14-15(26)12(7-25)28-18(14)24-8-22-13-11(20)5-6-21-16(13)24/h1-6,8,12,14-15,18,25-26H,7H2,(H2,20,21)(H,23,27)/t12-,14+,15?,18-/m1/s1. The molecule has 1 aliphatic heterocycles. The number of aliphatic hydroxyl groups is 2. The number of hydrogen-bond acceptors (Lipinski definition) is 7. The number of fused-ring (bicyclic) bond motifs is 1. The summed E-state index contributed by atoms with van der Waals surface area (Å²) in [7, 11) is 0. The predicted octanol–water partition coefficient (Wildman–Crippen LogP) is 0.202. The molecule has 1 fully saturated rings. The largest absolute Gasteiger partial charge is 0.397 e. The van der Waals surface area contributed by atoms with Crippen LogP contribution in [0.25, 0.3) is 11.2 Å². The number of aromatic nitrogens is 3. The fourth-order valence-electron chi connectivity index (χ4n) is 3.27. The summed E-state index contributed by atoms with van der Waals surface area (Å²) in [5.74, 6) is -0.985. The van der Waals surface area contributed by atoms with Crippen LogP contribution in [0, 0.1) is 5.82 Å². The van der Waals surface area contributed by atoms with Gasteiger partial charge >= 0.3 is 0 Å². The smallest absolute Gasteiger partial charge is 0.251 e. The molecule has 0 radical (unpaired) electrons. The first kappa shape index (κ1) is 18.3. The Morgan fingerprint density at radius 2 is 2.04 bits per heavy atom. The van der Waals surface area contributed by atoms with Gasteiger partial charge in [0.2, 0.25) is 0 Å². The molecule has 0 saturated carbocycles. The lowest BCUT2D eigenvalue weighted by Gasteiger charge is -2.23. The molecule has 2 aromatic heterocycles. The number of nitrogen functional groups attached to an aromatic ring is 1. The summed E-state index contributed by atoms with van der Waals surface area (Å²) in [5.41, 5.74) is 7.42. The van der Waals surface area contributed by atoms with Gasteiger partial charge in [-0.3, -0.25) is 9.36 Å². The molecule has 10 heteroatoms. The van der Waals surface area contributed by atoms with E-state index in [1.54, 1.807) is 10.6 Å². The number of anilines is 1. The van der Waals surface area contributed by atoms with Gasteiger partial charge in [-0.25, -0.2) is 14.4 Å². The van der Waals surface area contributed by atoms with E-state index in [0.717, 1.165) is 0 Å². The Hall–Kier alpha value is -3.08. The first-order valence-corrected chi connectivity index (χ1v) is 8.57. The summed E-state index contributed by atoms with van der Waals surface area (Å²) in [5, 5.41) is 22.7. The lowest BCUT2D eigenvalue weighted by atomic mass is 10.1. The van der Waals surface area contributed by atoms with Gasteiger partial charge in [-0.1, -0.05) is 0 Å². The highest BCUT2D eigenvalue weighted by molar-refractivity contribution is 5.94. The van der Waals surface area contributed by atoms with Crippen molar-refractivity contribution in [2.24, 2.45) is 0 Å². The van der Waals surface area contributed by atoms with E-state index in [-0.39, 0.29) is 5.56 Å². The van der Waals surface area contributed by atoms with Crippen LogP contribution in [0.15, 0.2) is 42.9 Å². The van der Waals surface area contributed by atoms with Crippen LogP contribution < -0.4 is 11.1 Å². The zero-order valence-corrected chi connectivity index (χ0v) is 14.6. The van der Waals surface area contributed by atoms with Crippen molar-refractivity contribution < 1.29 is 24.1 Å². The first-order valence-electron chi connectivity index (χ1n) is 8.57. The minimum atomic E-state index is -1.18. The van der Waals surface area contributed by atoms with Gasteiger partial charge in [0.1, 0.15) is 29.6 Å². The van der Waals surface area contributed by atoms with Crippen LogP contribution >= 0.6 is 0 Å². The van der Waals surface area contributed by atoms with Crippen LogP contribution in [0.3, 0.4) is 0 Å². The topological polar surface area (TPSA) is 136 Å². The Balaban J connectivity index is 1.67. The van der Waals surface area contributed by atoms with Gasteiger partial charge in [-0.15, -0.1) is 0 Å². The van der Waals surface area contributed by atoms with Gasteiger partial charge in [0.15, 0.2) is 11.9 Å². The Labute approximate surface area is 158 Å². The fourth-order valence-corrected chi connectivity index (χ4v) is 3.27. The second-order valence-corrected chi connectivity index (χ2v) is 6.47. The maximum Gasteiger partial charge on any atom is 0.251 e. The number of rotatable bonds is 4. The number of aliphatic hydroxyl groups excluding tert-OH is 2. The first-order chi connectivity index (χ1) is 13.5. The molecule has 5 N–H and O–H groups in total. The Morgan fingerprint density at radius 1 is 1.29 bits per heavy atom. The van der Waals surface area contributed by atoms with Crippen LogP contribution in [0.2, 0.25) is 0 Å². The van der Waals surface area contributed by atoms with Crippen molar-refractivity contribution in [3.05, 3.63) is 54.2 Å². The van der Waals surface area contributed by atoms with Crippen molar-refractivity contribution in [3.63, 3.8) is 0 Å². The number of hydrogen-bond donors (Lipinski definition) is 4. The van der Waals surface area contributed by atoms with E-state index in [9.17, 15) is 19.4 Å². The second kappa shape index (κ2) is 7.15. The number of halogens is 1. The number of carbonyl (C=O) groups excluding carboxylic acids is 1. The highest BCUT2D eigenvalue weighted by Crippen LogP contribution is 2.32. The number of benzene rings is 1. The second-order valence-electron chi connectivity index (χ2n) is 6.47. The third-order valence-corrected chi connectivity index (χ3v) is 4.72. The minimum Gasteiger partial charge on any atom is -0.397 e. The van der Waals surface area contributed by atoms with Crippen molar-refractivity contribution in [3.8, 4) is 0 Å². The van der Waals surface area contributed by atoms with Gasteiger partial charge in [-0.05, 0) is 30.3 Å². The summed E-state index contributed by atoms with van der Waals surface area (Å²) in [6, 6.07) is 5.70. The predicted molar refractivity (Wildman–Crippen MR) is 96.6 cm³/mol. The number of carbonyl (C=O) groups is 1. The number of nitrogens with one attached hydrogen (secondary N) is 1. The number of pyridine rings is 1. The molecule has 0 spiro atoms. The number of nitrogens with zero attached hydrogens (tertiary/aromatic N) is 3. The normalized spacial score (nSPS) is 24.5. The van der Waals surface area contributed by atoms with Gasteiger partial charge in [0.05, 0.1) is 18.6 Å². The van der Waals surface area contributed by atoms with Crippen LogP contribution in [-0.2, 0) is 4.74 Å². The van der Waals surface area contributed by atoms with E-state index in [1.807, 2.05) is 0 Å². The molecule has 1 aromatic carbocycles. The minimum absolute atomic E-state index is 0.220. The van der Waals surface area contributed by atoms with Crippen molar-refractivity contribution in [1.82, 2.24) is 19.9 Å². The molecule has 1 unspecified atom stereocenters. The van der Waals surface area contributed by atoms with E-state index < -0.39 is 42.8 Å². The van der Waals surface area contributed by atoms with Crippen LogP contribution in [0.5, 0.6) is 0 Å². The lowest BCUT2D eigenvalue weighted by molar-refractivity contribution is -0.0440. The van der Waals surface area contributed by atoms with Crippen molar-refractivity contribution in [1.29, 1.82) is 0 Å². The molecular weight excluding hydrogens is 369 g/mol. The summed E-state index contributed by atoms with van der Waals surface area (Å²) >= 11 is 0. The third-order valence-electron chi connectivity index (χ3n) is 4.72. The van der Waals surface area contributed by atoms with Crippen molar-refractivity contribution in [2.45, 2.75) is 24.5 Å². The van der Waals surface area contributed by atoms with Gasteiger partial charge in [-0.2, -0.15) is 0 Å². The molecule has 28 heavy (non-hydrogen) atoms. The van der Waals surface area contributed by atoms with E-state index in [1.165, 1.54) is 36.8 Å². The maximum absolute atomic E-state index is 13.1. The monoisotopic (exact) mass is 387 g/mol. The molecular formula is C18H18FN5O4. The average Bonchev–Trinajstić information content (AvgIpc) is 3.25. The Kier molecular flexibility index (Phi) is 4.67. The number of imidazole rings is 1. The highest BCUT2D eigenvalue weighted by Gasteiger charge is 2.45. The summed E-state index contributed by atoms with van der Waals surface area (Å²) in [6.07, 6.45) is -0.0187. The van der Waals surface area contributed by atoms with E-state index in [4.69, 9.17) is 10.5 Å². The molecule has 146 valence electrons. The zero-order chi connectivity index (χ0) is 19.8. The molecule has 1 aliphatic rings. The summed E-state index contributed by atoms with van der Waals surface area (Å²) in [6.45, 7) is -0.442. The lowest BCUT2D eigenvalue weighted by Crippen LogP contribution is -2.46. The Morgan fingerprint density at radius 3 is 2.75 bits per heavy atom. The van der Waals surface area contributed by atoms with E-state index in [0.29, 0.717) is 16.9 Å². The van der Waals surface area contributed by atoms with Gasteiger partial charge < -0.3 is 26.0 Å². The van der Waals surface area contributed by atoms with Crippen LogP contribution in [0.1, 0.15) is 16.6 Å². The third kappa shape index (κ3) is 3.07. The molecule has 3 heterocycles. The number of nitrogens with two attached hydrogens (primary N) is 1. The van der Waals surface area contributed by atoms with E-state index >= 15 is 0 Å². The molecule has 1 saturated heterocycles. The van der Waals surface area contributed by atoms with Gasteiger partial charge in [0.25, 0.3) is 5.91 Å². The molecule has 4 atom stereocenters. The fraction of sp³-hybridized carbons (Fsp3) is 0.278. The van der Waals surface area contributed by atoms with E-state index in [2.05, 4.69) is 15.3 Å². The quantitative estimate of drug-likeness (QED) is 0.502. The number of amides is 1.